The number of carbonyl (C=O) groups excluding carboxylic acids is 1. The number of amides is 2. The van der Waals surface area contributed by atoms with Crippen LogP contribution in [0.15, 0.2) is 25.3 Å². The van der Waals surface area contributed by atoms with Crippen molar-refractivity contribution < 1.29 is 27.9 Å². The van der Waals surface area contributed by atoms with E-state index in [0.29, 0.717) is 0 Å². The first kappa shape index (κ1) is 17.0. The minimum absolute atomic E-state index is 0.00116. The molecule has 108 valence electrons. The van der Waals surface area contributed by atoms with Crippen LogP contribution in [0.4, 0.5) is 18.0 Å². The molecule has 1 N–H and O–H groups in total. The maximum absolute atomic E-state index is 12.3. The van der Waals surface area contributed by atoms with Crippen molar-refractivity contribution in [2.24, 2.45) is 0 Å². The van der Waals surface area contributed by atoms with Crippen LogP contribution in [0.25, 0.3) is 0 Å². The van der Waals surface area contributed by atoms with Crippen molar-refractivity contribution in [3.8, 4) is 0 Å². The SMILES string of the molecule is C=CCN(CC=C)C(=O)N(CC(=O)O)CC(F)(F)F. The maximum atomic E-state index is 12.3. The lowest BCUT2D eigenvalue weighted by molar-refractivity contribution is -0.149. The van der Waals surface area contributed by atoms with Gasteiger partial charge in [-0.1, -0.05) is 12.2 Å². The van der Waals surface area contributed by atoms with E-state index in [1.54, 1.807) is 0 Å². The number of nitrogens with zero attached hydrogens (tertiary/aromatic N) is 2. The standard InChI is InChI=1S/C11H15F3N2O3/c1-3-5-15(6-4-2)10(19)16(7-9(17)18)8-11(12,13)14/h3-4H,1-2,5-8H2,(H,17,18). The van der Waals surface area contributed by atoms with E-state index in [9.17, 15) is 22.8 Å². The molecular formula is C11H15F3N2O3. The van der Waals surface area contributed by atoms with Crippen LogP contribution in [0, 0.1) is 0 Å². The zero-order valence-corrected chi connectivity index (χ0v) is 10.2. The van der Waals surface area contributed by atoms with Crippen molar-refractivity contribution in [2.75, 3.05) is 26.2 Å². The van der Waals surface area contributed by atoms with E-state index in [1.807, 2.05) is 0 Å². The van der Waals surface area contributed by atoms with E-state index < -0.39 is 31.3 Å². The Hall–Kier alpha value is -1.99. The molecule has 0 aromatic carbocycles. The van der Waals surface area contributed by atoms with Crippen molar-refractivity contribution in [1.82, 2.24) is 9.80 Å². The molecule has 8 heteroatoms. The van der Waals surface area contributed by atoms with Crippen LogP contribution in [0.2, 0.25) is 0 Å². The summed E-state index contributed by atoms with van der Waals surface area (Å²) in [6, 6.07) is -1.03. The molecule has 0 saturated heterocycles. The van der Waals surface area contributed by atoms with Crippen LogP contribution in [-0.4, -0.2) is 59.3 Å². The zero-order valence-electron chi connectivity index (χ0n) is 10.2. The monoisotopic (exact) mass is 280 g/mol. The average molecular weight is 280 g/mol. The van der Waals surface area contributed by atoms with Gasteiger partial charge in [0.1, 0.15) is 13.1 Å². The van der Waals surface area contributed by atoms with Crippen molar-refractivity contribution in [3.63, 3.8) is 0 Å². The zero-order chi connectivity index (χ0) is 15.1. The fraction of sp³-hybridized carbons (Fsp3) is 0.455. The molecule has 0 saturated carbocycles. The van der Waals surface area contributed by atoms with Crippen LogP contribution >= 0.6 is 0 Å². The molecule has 0 bridgehead atoms. The van der Waals surface area contributed by atoms with Crippen LogP contribution in [-0.2, 0) is 4.79 Å². The number of carbonyl (C=O) groups is 2. The average Bonchev–Trinajstić information content (AvgIpc) is 2.24. The van der Waals surface area contributed by atoms with Gasteiger partial charge in [-0.05, 0) is 0 Å². The van der Waals surface area contributed by atoms with E-state index in [4.69, 9.17) is 5.11 Å². The first-order valence-corrected chi connectivity index (χ1v) is 5.25. The maximum Gasteiger partial charge on any atom is 0.406 e. The van der Waals surface area contributed by atoms with E-state index in [2.05, 4.69) is 13.2 Å². The highest BCUT2D eigenvalue weighted by Gasteiger charge is 2.35. The molecule has 0 aromatic rings. The second-order valence-corrected chi connectivity index (χ2v) is 3.63. The molecule has 0 aliphatic heterocycles. The quantitative estimate of drug-likeness (QED) is 0.722. The minimum atomic E-state index is -4.67. The molecule has 0 unspecified atom stereocenters. The Kier molecular flexibility index (Phi) is 6.67. The van der Waals surface area contributed by atoms with Gasteiger partial charge in [0, 0.05) is 13.1 Å². The Morgan fingerprint density at radius 2 is 1.58 bits per heavy atom. The summed E-state index contributed by atoms with van der Waals surface area (Å²) < 4.78 is 36.9. The highest BCUT2D eigenvalue weighted by molar-refractivity contribution is 5.80. The van der Waals surface area contributed by atoms with Gasteiger partial charge >= 0.3 is 18.2 Å². The molecule has 0 spiro atoms. The molecule has 2 amide bonds. The van der Waals surface area contributed by atoms with E-state index in [1.165, 1.54) is 12.2 Å². The number of halogens is 3. The molecule has 0 rings (SSSR count). The molecule has 0 radical (unpaired) electrons. The summed E-state index contributed by atoms with van der Waals surface area (Å²) >= 11 is 0. The Morgan fingerprint density at radius 1 is 1.11 bits per heavy atom. The number of alkyl halides is 3. The third-order valence-corrected chi connectivity index (χ3v) is 1.94. The third kappa shape index (κ3) is 7.12. The van der Waals surface area contributed by atoms with Crippen molar-refractivity contribution >= 4 is 12.0 Å². The fourth-order valence-corrected chi connectivity index (χ4v) is 1.31. The summed E-state index contributed by atoms with van der Waals surface area (Å²) in [5.74, 6) is -1.52. The van der Waals surface area contributed by atoms with Gasteiger partial charge in [-0.25, -0.2) is 4.79 Å². The van der Waals surface area contributed by atoms with E-state index in [-0.39, 0.29) is 18.0 Å². The fourth-order valence-electron chi connectivity index (χ4n) is 1.31. The van der Waals surface area contributed by atoms with Gasteiger partial charge in [-0.3, -0.25) is 4.79 Å². The van der Waals surface area contributed by atoms with E-state index in [0.717, 1.165) is 4.90 Å². The number of carboxylic acid groups (broad SMARTS) is 1. The number of hydrogen-bond donors (Lipinski definition) is 1. The molecule has 0 atom stereocenters. The molecule has 0 fully saturated rings. The summed E-state index contributed by atoms with van der Waals surface area (Å²) in [5.41, 5.74) is 0. The van der Waals surface area contributed by atoms with Gasteiger partial charge in [0.25, 0.3) is 0 Å². The highest BCUT2D eigenvalue weighted by Crippen LogP contribution is 2.17. The summed E-state index contributed by atoms with van der Waals surface area (Å²) in [6.45, 7) is 4.10. The molecule has 19 heavy (non-hydrogen) atoms. The summed E-state index contributed by atoms with van der Waals surface area (Å²) in [4.78, 5) is 23.6. The Labute approximate surface area is 108 Å². The van der Waals surface area contributed by atoms with Crippen LogP contribution in [0.5, 0.6) is 0 Å². The topological polar surface area (TPSA) is 60.9 Å². The normalized spacial score (nSPS) is 10.7. The minimum Gasteiger partial charge on any atom is -0.480 e. The van der Waals surface area contributed by atoms with Gasteiger partial charge in [0.2, 0.25) is 0 Å². The number of carboxylic acids is 1. The first-order valence-electron chi connectivity index (χ1n) is 5.25. The van der Waals surface area contributed by atoms with Gasteiger partial charge < -0.3 is 14.9 Å². The van der Waals surface area contributed by atoms with Gasteiger partial charge in [-0.15, -0.1) is 13.2 Å². The summed E-state index contributed by atoms with van der Waals surface area (Å²) in [6.07, 6.45) is -2.01. The van der Waals surface area contributed by atoms with E-state index >= 15 is 0 Å². The number of rotatable bonds is 7. The van der Waals surface area contributed by atoms with Gasteiger partial charge in [-0.2, -0.15) is 13.2 Å². The predicted molar refractivity (Wildman–Crippen MR) is 62.6 cm³/mol. The smallest absolute Gasteiger partial charge is 0.406 e. The highest BCUT2D eigenvalue weighted by atomic mass is 19.4. The molecule has 0 aliphatic rings. The molecule has 5 nitrogen and oxygen atoms in total. The molecular weight excluding hydrogens is 265 g/mol. The van der Waals surface area contributed by atoms with Crippen molar-refractivity contribution in [2.45, 2.75) is 6.18 Å². The lowest BCUT2D eigenvalue weighted by Gasteiger charge is -2.28. The lowest BCUT2D eigenvalue weighted by Crippen LogP contribution is -2.49. The number of aliphatic carboxylic acids is 1. The Bertz CT molecular complexity index is 346. The van der Waals surface area contributed by atoms with Crippen LogP contribution in [0.3, 0.4) is 0 Å². The van der Waals surface area contributed by atoms with Crippen LogP contribution in [0.1, 0.15) is 0 Å². The second-order valence-electron chi connectivity index (χ2n) is 3.63. The molecule has 0 aromatic heterocycles. The second kappa shape index (κ2) is 7.45. The molecule has 0 heterocycles. The summed E-state index contributed by atoms with van der Waals surface area (Å²) in [5, 5.41) is 8.55. The Balaban J connectivity index is 4.98. The van der Waals surface area contributed by atoms with Crippen molar-refractivity contribution in [3.05, 3.63) is 25.3 Å². The predicted octanol–water partition coefficient (Wildman–Crippen LogP) is 1.73. The van der Waals surface area contributed by atoms with Crippen LogP contribution < -0.4 is 0 Å². The van der Waals surface area contributed by atoms with Crippen molar-refractivity contribution in [1.29, 1.82) is 0 Å². The first-order chi connectivity index (χ1) is 8.71. The number of hydrogen-bond acceptors (Lipinski definition) is 2. The van der Waals surface area contributed by atoms with Gasteiger partial charge in [0.05, 0.1) is 0 Å². The third-order valence-electron chi connectivity index (χ3n) is 1.94. The number of urea groups is 1. The van der Waals surface area contributed by atoms with Gasteiger partial charge in [0.15, 0.2) is 0 Å². The molecule has 0 aliphatic carbocycles. The summed E-state index contributed by atoms with van der Waals surface area (Å²) in [7, 11) is 0. The Morgan fingerprint density at radius 3 is 1.89 bits per heavy atom. The lowest BCUT2D eigenvalue weighted by atomic mass is 10.4. The largest absolute Gasteiger partial charge is 0.480 e.